The Kier molecular flexibility index (Phi) is 4.13. The lowest BCUT2D eigenvalue weighted by Crippen LogP contribution is -2.49. The summed E-state index contributed by atoms with van der Waals surface area (Å²) in [5.74, 6) is 1.04. The van der Waals surface area contributed by atoms with Crippen LogP contribution in [0.4, 0.5) is 10.6 Å². The van der Waals surface area contributed by atoms with Crippen LogP contribution in [0.5, 0.6) is 0 Å². The summed E-state index contributed by atoms with van der Waals surface area (Å²) >= 11 is 0. The minimum atomic E-state index is -0.538. The number of amides is 3. The maximum absolute atomic E-state index is 13.2. The Morgan fingerprint density at radius 3 is 2.68 bits per heavy atom. The van der Waals surface area contributed by atoms with Crippen molar-refractivity contribution in [3.05, 3.63) is 24.4 Å². The number of anilines is 1. The van der Waals surface area contributed by atoms with Gasteiger partial charge in [0, 0.05) is 31.9 Å². The maximum Gasteiger partial charge on any atom is 0.327 e. The molecule has 3 amide bonds. The van der Waals surface area contributed by atoms with E-state index < -0.39 is 5.54 Å². The Balaban J connectivity index is 1.48. The monoisotopic (exact) mass is 342 g/mol. The third-order valence-corrected chi connectivity index (χ3v) is 6.01. The number of pyridine rings is 1. The van der Waals surface area contributed by atoms with Crippen molar-refractivity contribution in [2.24, 2.45) is 0 Å². The number of hydrogen-bond acceptors (Lipinski definition) is 4. The molecule has 6 heteroatoms. The number of nitrogens with zero attached hydrogens (tertiary/aromatic N) is 4. The fourth-order valence-corrected chi connectivity index (χ4v) is 4.82. The topological polar surface area (TPSA) is 56.8 Å². The van der Waals surface area contributed by atoms with Gasteiger partial charge in [0.2, 0.25) is 0 Å². The van der Waals surface area contributed by atoms with E-state index in [1.54, 1.807) is 11.1 Å². The minimum absolute atomic E-state index is 0.0271. The molecule has 0 aromatic carbocycles. The number of rotatable bonds is 4. The van der Waals surface area contributed by atoms with Crippen molar-refractivity contribution < 1.29 is 9.59 Å². The van der Waals surface area contributed by atoms with Crippen LogP contribution in [0, 0.1) is 0 Å². The van der Waals surface area contributed by atoms with Gasteiger partial charge < -0.3 is 9.80 Å². The van der Waals surface area contributed by atoms with E-state index in [9.17, 15) is 9.59 Å². The molecule has 0 bridgehead atoms. The summed E-state index contributed by atoms with van der Waals surface area (Å²) in [4.78, 5) is 36.2. The van der Waals surface area contributed by atoms with Crippen LogP contribution >= 0.6 is 0 Å². The molecule has 3 aliphatic rings. The van der Waals surface area contributed by atoms with Crippen LogP contribution in [0.3, 0.4) is 0 Å². The van der Waals surface area contributed by atoms with Crippen LogP contribution in [0.1, 0.15) is 45.4 Å². The molecule has 0 spiro atoms. The number of carbonyl (C=O) groups excluding carboxylic acids is 2. The van der Waals surface area contributed by atoms with E-state index in [0.717, 1.165) is 64.0 Å². The Morgan fingerprint density at radius 2 is 2.00 bits per heavy atom. The zero-order chi connectivity index (χ0) is 17.4. The van der Waals surface area contributed by atoms with Crippen molar-refractivity contribution in [1.29, 1.82) is 0 Å². The average molecular weight is 342 g/mol. The second kappa shape index (κ2) is 6.32. The molecule has 134 valence electrons. The van der Waals surface area contributed by atoms with E-state index in [2.05, 4.69) is 16.8 Å². The first-order valence-corrected chi connectivity index (χ1v) is 9.48. The summed E-state index contributed by atoms with van der Waals surface area (Å²) in [7, 11) is 0. The van der Waals surface area contributed by atoms with Crippen LogP contribution in [0.2, 0.25) is 0 Å². The van der Waals surface area contributed by atoms with Gasteiger partial charge in [0.05, 0.1) is 0 Å². The van der Waals surface area contributed by atoms with E-state index >= 15 is 0 Å². The lowest BCUT2D eigenvalue weighted by atomic mass is 9.90. The number of piperidine rings is 1. The number of aromatic nitrogens is 1. The second-order valence-electron chi connectivity index (χ2n) is 7.40. The first-order valence-electron chi connectivity index (χ1n) is 9.48. The molecule has 6 nitrogen and oxygen atoms in total. The fourth-order valence-electron chi connectivity index (χ4n) is 4.82. The molecule has 1 atom stereocenters. The molecule has 25 heavy (non-hydrogen) atoms. The summed E-state index contributed by atoms with van der Waals surface area (Å²) in [6.45, 7) is 4.49. The number of urea groups is 1. The smallest absolute Gasteiger partial charge is 0.327 e. The highest BCUT2D eigenvalue weighted by Crippen LogP contribution is 2.42. The Hall–Kier alpha value is -2.11. The Morgan fingerprint density at radius 1 is 1.20 bits per heavy atom. The van der Waals surface area contributed by atoms with Crippen molar-refractivity contribution >= 4 is 17.8 Å². The fraction of sp³-hybridized carbons (Fsp3) is 0.632. The molecule has 3 fully saturated rings. The number of carbonyl (C=O) groups is 2. The molecule has 4 heterocycles. The van der Waals surface area contributed by atoms with Crippen LogP contribution in [-0.2, 0) is 4.79 Å². The summed E-state index contributed by atoms with van der Waals surface area (Å²) in [6, 6.07) is 5.90. The van der Waals surface area contributed by atoms with E-state index in [-0.39, 0.29) is 18.0 Å². The largest absolute Gasteiger partial charge is 0.356 e. The highest BCUT2D eigenvalue weighted by molar-refractivity contribution is 6.07. The van der Waals surface area contributed by atoms with Gasteiger partial charge in [-0.25, -0.2) is 9.78 Å². The summed E-state index contributed by atoms with van der Waals surface area (Å²) in [5.41, 5.74) is -0.538. The second-order valence-corrected chi connectivity index (χ2v) is 7.40. The van der Waals surface area contributed by atoms with Crippen molar-refractivity contribution in [3.8, 4) is 0 Å². The van der Waals surface area contributed by atoms with Crippen LogP contribution in [0.25, 0.3) is 0 Å². The van der Waals surface area contributed by atoms with Crippen molar-refractivity contribution in [2.45, 2.75) is 57.0 Å². The van der Waals surface area contributed by atoms with Gasteiger partial charge in [-0.05, 0) is 44.2 Å². The Labute approximate surface area is 148 Å². The third-order valence-electron chi connectivity index (χ3n) is 6.01. The predicted molar refractivity (Wildman–Crippen MR) is 95.3 cm³/mol. The van der Waals surface area contributed by atoms with Crippen LogP contribution in [-0.4, -0.2) is 57.9 Å². The zero-order valence-corrected chi connectivity index (χ0v) is 14.9. The van der Waals surface area contributed by atoms with Gasteiger partial charge in [-0.2, -0.15) is 0 Å². The SMILES string of the molecule is CCC[C@@]12CCCN1C(=O)N(C1CCN(c3ccccn3)CC1)C2=O. The van der Waals surface area contributed by atoms with Gasteiger partial charge >= 0.3 is 6.03 Å². The maximum atomic E-state index is 13.2. The number of hydrogen-bond donors (Lipinski definition) is 0. The lowest BCUT2D eigenvalue weighted by Gasteiger charge is -2.36. The number of imide groups is 1. The molecule has 0 aliphatic carbocycles. The van der Waals surface area contributed by atoms with Crippen molar-refractivity contribution in [1.82, 2.24) is 14.8 Å². The standard InChI is InChI=1S/C19H26N4O2/c1-2-9-19-10-5-12-22(19)18(25)23(17(19)24)15-7-13-21(14-8-15)16-6-3-4-11-20-16/h3-4,6,11,15H,2,5,7-10,12-14H2,1H3/t19-/m0/s1. The van der Waals surface area contributed by atoms with Gasteiger partial charge in [0.15, 0.2) is 0 Å². The zero-order valence-electron chi connectivity index (χ0n) is 14.9. The van der Waals surface area contributed by atoms with E-state index in [0.29, 0.717) is 0 Å². The van der Waals surface area contributed by atoms with E-state index in [4.69, 9.17) is 0 Å². The highest BCUT2D eigenvalue weighted by atomic mass is 16.2. The molecule has 0 N–H and O–H groups in total. The molecule has 3 aliphatic heterocycles. The third kappa shape index (κ3) is 2.50. The number of fused-ring (bicyclic) bond motifs is 1. The first kappa shape index (κ1) is 16.4. The van der Waals surface area contributed by atoms with E-state index in [1.165, 1.54) is 0 Å². The molecule has 0 radical (unpaired) electrons. The van der Waals surface area contributed by atoms with Gasteiger partial charge in [-0.1, -0.05) is 19.4 Å². The normalized spacial score (nSPS) is 27.3. The van der Waals surface area contributed by atoms with Gasteiger partial charge in [-0.15, -0.1) is 0 Å². The van der Waals surface area contributed by atoms with Gasteiger partial charge in [0.25, 0.3) is 5.91 Å². The molecule has 4 rings (SSSR count). The van der Waals surface area contributed by atoms with Crippen LogP contribution in [0.15, 0.2) is 24.4 Å². The molecule has 1 aromatic rings. The predicted octanol–water partition coefficient (Wildman–Crippen LogP) is 2.65. The molecule has 0 saturated carbocycles. The molecule has 1 aromatic heterocycles. The lowest BCUT2D eigenvalue weighted by molar-refractivity contribution is -0.134. The van der Waals surface area contributed by atoms with Crippen LogP contribution < -0.4 is 4.90 Å². The molecular formula is C19H26N4O2. The quantitative estimate of drug-likeness (QED) is 0.790. The minimum Gasteiger partial charge on any atom is -0.356 e. The molecule has 0 unspecified atom stereocenters. The van der Waals surface area contributed by atoms with Gasteiger partial charge in [0.1, 0.15) is 11.4 Å². The Bertz CT molecular complexity index is 657. The van der Waals surface area contributed by atoms with Crippen molar-refractivity contribution in [3.63, 3.8) is 0 Å². The summed E-state index contributed by atoms with van der Waals surface area (Å²) < 4.78 is 0. The van der Waals surface area contributed by atoms with E-state index in [1.807, 2.05) is 23.1 Å². The summed E-state index contributed by atoms with van der Waals surface area (Å²) in [5, 5.41) is 0. The first-order chi connectivity index (χ1) is 12.2. The summed E-state index contributed by atoms with van der Waals surface area (Å²) in [6.07, 6.45) is 6.95. The van der Waals surface area contributed by atoms with Crippen molar-refractivity contribution in [2.75, 3.05) is 24.5 Å². The highest BCUT2D eigenvalue weighted by Gasteiger charge is 2.60. The molecular weight excluding hydrogens is 316 g/mol. The average Bonchev–Trinajstić information content (AvgIpc) is 3.15. The molecule has 3 saturated heterocycles. The van der Waals surface area contributed by atoms with Gasteiger partial charge in [-0.3, -0.25) is 9.69 Å².